The summed E-state index contributed by atoms with van der Waals surface area (Å²) in [7, 11) is 0. The van der Waals surface area contributed by atoms with Crippen LogP contribution in [0.3, 0.4) is 0 Å². The Bertz CT molecular complexity index is 419. The van der Waals surface area contributed by atoms with Crippen molar-refractivity contribution >= 4 is 17.5 Å². The third kappa shape index (κ3) is 3.35. The minimum absolute atomic E-state index is 0.0955. The van der Waals surface area contributed by atoms with Gasteiger partial charge in [-0.05, 0) is 31.9 Å². The lowest BCUT2D eigenvalue weighted by atomic mass is 10.2. The average Bonchev–Trinajstić information content (AvgIpc) is 2.84. The number of nitrogens with zero attached hydrogens (tertiary/aromatic N) is 1. The van der Waals surface area contributed by atoms with Gasteiger partial charge in [-0.3, -0.25) is 4.79 Å². The van der Waals surface area contributed by atoms with E-state index < -0.39 is 6.10 Å². The van der Waals surface area contributed by atoms with E-state index >= 15 is 0 Å². The van der Waals surface area contributed by atoms with Gasteiger partial charge >= 0.3 is 0 Å². The number of carbonyl (C=O) groups is 1. The molecule has 0 bridgehead atoms. The van der Waals surface area contributed by atoms with Gasteiger partial charge in [0.1, 0.15) is 0 Å². The lowest BCUT2D eigenvalue weighted by Crippen LogP contribution is -2.41. The molecular weight excluding hydrogens is 252 g/mol. The third-order valence-electron chi connectivity index (χ3n) is 3.10. The molecule has 1 aromatic heterocycles. The number of nitrogens with one attached hydrogen (secondary N) is 1. The summed E-state index contributed by atoms with van der Waals surface area (Å²) in [6.45, 7) is 1.72. The van der Waals surface area contributed by atoms with Crippen LogP contribution in [-0.4, -0.2) is 23.0 Å². The topological polar surface area (TPSA) is 51.2 Å². The summed E-state index contributed by atoms with van der Waals surface area (Å²) in [4.78, 5) is 15.8. The third-order valence-corrected chi connectivity index (χ3v) is 3.38. The Labute approximate surface area is 112 Å². The van der Waals surface area contributed by atoms with Crippen molar-refractivity contribution in [2.24, 2.45) is 0 Å². The van der Waals surface area contributed by atoms with Crippen molar-refractivity contribution in [3.05, 3.63) is 23.5 Å². The van der Waals surface area contributed by atoms with Crippen LogP contribution in [0, 0.1) is 0 Å². The maximum atomic E-state index is 11.9. The molecule has 1 unspecified atom stereocenters. The smallest absolute Gasteiger partial charge is 0.260 e. The summed E-state index contributed by atoms with van der Waals surface area (Å²) < 4.78 is 5.51. The average molecular weight is 269 g/mol. The van der Waals surface area contributed by atoms with Gasteiger partial charge in [0.15, 0.2) is 17.0 Å². The zero-order valence-electron chi connectivity index (χ0n) is 10.4. The summed E-state index contributed by atoms with van der Waals surface area (Å²) in [6, 6.07) is 3.73. The molecule has 1 heterocycles. The first kappa shape index (κ1) is 13.1. The standard InChI is InChI=1S/C13H17ClN2O2/c1-9(13(17)16-10-5-2-3-6-10)18-11-7-4-8-15-12(11)14/h4,7-10H,2-3,5-6H2,1H3,(H,16,17). The summed E-state index contributed by atoms with van der Waals surface area (Å²) in [5.41, 5.74) is 0. The summed E-state index contributed by atoms with van der Waals surface area (Å²) >= 11 is 5.88. The SMILES string of the molecule is CC(Oc1cccnc1Cl)C(=O)NC1CCCC1. The molecule has 0 aliphatic heterocycles. The number of carbonyl (C=O) groups excluding carboxylic acids is 1. The Morgan fingerprint density at radius 3 is 2.94 bits per heavy atom. The Morgan fingerprint density at radius 2 is 2.28 bits per heavy atom. The number of amides is 1. The lowest BCUT2D eigenvalue weighted by Gasteiger charge is -2.18. The van der Waals surface area contributed by atoms with Crippen LogP contribution in [0.5, 0.6) is 5.75 Å². The number of hydrogen-bond donors (Lipinski definition) is 1. The predicted molar refractivity (Wildman–Crippen MR) is 69.7 cm³/mol. The van der Waals surface area contributed by atoms with E-state index in [1.807, 2.05) is 0 Å². The molecule has 0 radical (unpaired) electrons. The molecule has 0 spiro atoms. The van der Waals surface area contributed by atoms with Crippen LogP contribution in [-0.2, 0) is 4.79 Å². The number of hydrogen-bond acceptors (Lipinski definition) is 3. The fourth-order valence-electron chi connectivity index (χ4n) is 2.09. The molecule has 1 atom stereocenters. The second-order valence-electron chi connectivity index (χ2n) is 4.54. The van der Waals surface area contributed by atoms with E-state index in [0.29, 0.717) is 11.8 Å². The highest BCUT2D eigenvalue weighted by Crippen LogP contribution is 2.22. The summed E-state index contributed by atoms with van der Waals surface area (Å²) in [5.74, 6) is 0.343. The quantitative estimate of drug-likeness (QED) is 0.854. The van der Waals surface area contributed by atoms with Crippen molar-refractivity contribution in [2.45, 2.75) is 44.8 Å². The van der Waals surface area contributed by atoms with Gasteiger partial charge < -0.3 is 10.1 Å². The van der Waals surface area contributed by atoms with E-state index in [9.17, 15) is 4.79 Å². The van der Waals surface area contributed by atoms with E-state index in [2.05, 4.69) is 10.3 Å². The van der Waals surface area contributed by atoms with Crippen LogP contribution < -0.4 is 10.1 Å². The maximum Gasteiger partial charge on any atom is 0.260 e. The van der Waals surface area contributed by atoms with Gasteiger partial charge in [-0.2, -0.15) is 0 Å². The molecular formula is C13H17ClN2O2. The molecule has 0 saturated heterocycles. The predicted octanol–water partition coefficient (Wildman–Crippen LogP) is 2.56. The van der Waals surface area contributed by atoms with E-state index in [1.54, 1.807) is 25.3 Å². The van der Waals surface area contributed by atoms with Gasteiger partial charge in [0, 0.05) is 12.2 Å². The fraction of sp³-hybridized carbons (Fsp3) is 0.538. The van der Waals surface area contributed by atoms with Gasteiger partial charge in [0.05, 0.1) is 0 Å². The minimum atomic E-state index is -0.563. The Balaban J connectivity index is 1.89. The summed E-state index contributed by atoms with van der Waals surface area (Å²) in [5, 5.41) is 3.27. The van der Waals surface area contributed by atoms with Crippen molar-refractivity contribution < 1.29 is 9.53 Å². The number of aromatic nitrogens is 1. The first-order chi connectivity index (χ1) is 8.66. The van der Waals surface area contributed by atoms with Crippen molar-refractivity contribution in [1.29, 1.82) is 0 Å². The van der Waals surface area contributed by atoms with Gasteiger partial charge in [-0.25, -0.2) is 4.98 Å². The molecule has 5 heteroatoms. The van der Waals surface area contributed by atoms with Crippen molar-refractivity contribution in [1.82, 2.24) is 10.3 Å². The second kappa shape index (κ2) is 6.05. The molecule has 1 aromatic rings. The van der Waals surface area contributed by atoms with Crippen LogP contribution in [0.2, 0.25) is 5.15 Å². The monoisotopic (exact) mass is 268 g/mol. The van der Waals surface area contributed by atoms with Crippen molar-refractivity contribution in [2.75, 3.05) is 0 Å². The van der Waals surface area contributed by atoms with Crippen LogP contribution in [0.4, 0.5) is 0 Å². The number of halogens is 1. The van der Waals surface area contributed by atoms with Crippen molar-refractivity contribution in [3.8, 4) is 5.75 Å². The first-order valence-electron chi connectivity index (χ1n) is 6.24. The van der Waals surface area contributed by atoms with Crippen LogP contribution in [0.25, 0.3) is 0 Å². The van der Waals surface area contributed by atoms with Gasteiger partial charge in [-0.1, -0.05) is 24.4 Å². The van der Waals surface area contributed by atoms with Gasteiger partial charge in [0.25, 0.3) is 5.91 Å². The molecule has 2 rings (SSSR count). The molecule has 1 fully saturated rings. The Hall–Kier alpha value is -1.29. The molecule has 4 nitrogen and oxygen atoms in total. The Morgan fingerprint density at radius 1 is 1.56 bits per heavy atom. The lowest BCUT2D eigenvalue weighted by molar-refractivity contribution is -0.127. The molecule has 1 N–H and O–H groups in total. The highest BCUT2D eigenvalue weighted by Gasteiger charge is 2.22. The molecule has 0 aromatic carbocycles. The molecule has 1 aliphatic rings. The van der Waals surface area contributed by atoms with Crippen LogP contribution >= 0.6 is 11.6 Å². The normalized spacial score (nSPS) is 17.4. The fourth-order valence-corrected chi connectivity index (χ4v) is 2.26. The van der Waals surface area contributed by atoms with E-state index in [1.165, 1.54) is 12.8 Å². The molecule has 18 heavy (non-hydrogen) atoms. The highest BCUT2D eigenvalue weighted by molar-refractivity contribution is 6.30. The van der Waals surface area contributed by atoms with Gasteiger partial charge in [0.2, 0.25) is 0 Å². The van der Waals surface area contributed by atoms with E-state index in [0.717, 1.165) is 12.8 Å². The van der Waals surface area contributed by atoms with Crippen molar-refractivity contribution in [3.63, 3.8) is 0 Å². The largest absolute Gasteiger partial charge is 0.478 e. The zero-order valence-corrected chi connectivity index (χ0v) is 11.1. The number of ether oxygens (including phenoxy) is 1. The van der Waals surface area contributed by atoms with Gasteiger partial charge in [-0.15, -0.1) is 0 Å². The number of pyridine rings is 1. The van der Waals surface area contributed by atoms with Crippen LogP contribution in [0.15, 0.2) is 18.3 Å². The zero-order chi connectivity index (χ0) is 13.0. The molecule has 1 saturated carbocycles. The maximum absolute atomic E-state index is 11.9. The molecule has 1 amide bonds. The second-order valence-corrected chi connectivity index (χ2v) is 4.90. The number of rotatable bonds is 4. The van der Waals surface area contributed by atoms with E-state index in [-0.39, 0.29) is 11.1 Å². The minimum Gasteiger partial charge on any atom is -0.478 e. The first-order valence-corrected chi connectivity index (χ1v) is 6.62. The van der Waals surface area contributed by atoms with Crippen LogP contribution in [0.1, 0.15) is 32.6 Å². The highest BCUT2D eigenvalue weighted by atomic mass is 35.5. The summed E-state index contributed by atoms with van der Waals surface area (Å²) in [6.07, 6.45) is 5.52. The molecule has 1 aliphatic carbocycles. The molecule has 98 valence electrons. The van der Waals surface area contributed by atoms with E-state index in [4.69, 9.17) is 16.3 Å². The Kier molecular flexibility index (Phi) is 4.42.